The number of carboxylic acid groups (broad SMARTS) is 1. The molecule has 24 N–H and O–H groups in total. The van der Waals surface area contributed by atoms with Gasteiger partial charge in [-0.05, 0) is 185 Å². The number of urea groups is 2. The van der Waals surface area contributed by atoms with Crippen molar-refractivity contribution in [3.8, 4) is 57.1 Å². The monoisotopic (exact) mass is 1840 g/mol. The number of halogens is 1. The molecule has 14 rings (SSSR count). The number of aliphatic hydroxyl groups excluding tert-OH is 6. The summed E-state index contributed by atoms with van der Waals surface area (Å²) >= 11 is 7.21. The number of nitrogens with two attached hydrogens (primary N) is 1. The molecule has 6 aromatic rings. The molecule has 708 valence electrons. The fourth-order valence-electron chi connectivity index (χ4n) is 16.6. The van der Waals surface area contributed by atoms with E-state index in [2.05, 4.69) is 70.7 Å². The van der Waals surface area contributed by atoms with Crippen LogP contribution in [0.4, 0.5) is 15.3 Å². The van der Waals surface area contributed by atoms with Gasteiger partial charge in [-0.25, -0.2) is 14.4 Å². The molecule has 0 spiro atoms. The molecule has 0 aromatic heterocycles. The van der Waals surface area contributed by atoms with Crippen LogP contribution in [-0.4, -0.2) is 222 Å². The second-order valence-electron chi connectivity index (χ2n) is 34.6. The molecule has 18 atom stereocenters. The summed E-state index contributed by atoms with van der Waals surface area (Å²) in [5.74, 6) is -15.7. The van der Waals surface area contributed by atoms with Gasteiger partial charge < -0.3 is 149 Å². The van der Waals surface area contributed by atoms with Crippen LogP contribution in [0.2, 0.25) is 5.02 Å². The van der Waals surface area contributed by atoms with Crippen LogP contribution < -0.4 is 83.7 Å². The first kappa shape index (κ1) is 98.3. The second-order valence-corrected chi connectivity index (χ2v) is 35.0. The molecule has 1 saturated carbocycles. The Morgan fingerprint density at radius 3 is 1.99 bits per heavy atom. The smallest absolute Gasteiger partial charge is 0.330 e. The van der Waals surface area contributed by atoms with E-state index in [0.717, 1.165) is 93.1 Å². The van der Waals surface area contributed by atoms with Crippen molar-refractivity contribution in [1.29, 1.82) is 0 Å². The number of benzene rings is 6. The Labute approximate surface area is 759 Å². The number of aliphatic hydroxyl groups is 6. The van der Waals surface area contributed by atoms with E-state index in [1.165, 1.54) is 58.0 Å². The molecular weight excluding hydrogens is 1730 g/mol. The van der Waals surface area contributed by atoms with Crippen molar-refractivity contribution >= 4 is 76.7 Å². The van der Waals surface area contributed by atoms with Gasteiger partial charge in [0.2, 0.25) is 53.4 Å². The van der Waals surface area contributed by atoms with E-state index >= 15 is 24.0 Å². The number of fused-ring (bicyclic) bond motifs is 15. The summed E-state index contributed by atoms with van der Waals surface area (Å²) in [7, 11) is 1.49. The lowest BCUT2D eigenvalue weighted by molar-refractivity contribution is -0.334. The number of carbonyl (C=O) groups excluding carboxylic acids is 9. The van der Waals surface area contributed by atoms with Gasteiger partial charge in [0, 0.05) is 47.9 Å². The molecule has 39 nitrogen and oxygen atoms in total. The van der Waals surface area contributed by atoms with E-state index in [4.69, 9.17) is 45.8 Å². The zero-order chi connectivity index (χ0) is 94.6. The number of carbonyl (C=O) groups is 10. The highest BCUT2D eigenvalue weighted by molar-refractivity contribution is 6.32. The van der Waals surface area contributed by atoms with E-state index < -0.39 is 243 Å². The number of primary amides is 1. The van der Waals surface area contributed by atoms with Crippen molar-refractivity contribution in [3.05, 3.63) is 147 Å². The lowest BCUT2D eigenvalue weighted by Crippen LogP contribution is -2.67. The van der Waals surface area contributed by atoms with Gasteiger partial charge in [0.1, 0.15) is 95.6 Å². The number of unbranched alkanes of at least 4 members (excludes halogenated alkanes) is 6. The van der Waals surface area contributed by atoms with Crippen molar-refractivity contribution < 1.29 is 127 Å². The summed E-state index contributed by atoms with van der Waals surface area (Å²) in [6.07, 6.45) is -9.85. The normalized spacial score (nSPS) is 25.8. The summed E-state index contributed by atoms with van der Waals surface area (Å²) in [6, 6.07) is 5.70. The summed E-state index contributed by atoms with van der Waals surface area (Å²) in [6.45, 7) is 9.65. The van der Waals surface area contributed by atoms with Crippen LogP contribution >= 0.6 is 11.6 Å². The van der Waals surface area contributed by atoms with Crippen LogP contribution in [0.1, 0.15) is 193 Å². The maximum Gasteiger partial charge on any atom is 0.330 e. The van der Waals surface area contributed by atoms with Crippen LogP contribution in [0.3, 0.4) is 0 Å². The maximum atomic E-state index is 16.5. The molecule has 2 saturated heterocycles. The van der Waals surface area contributed by atoms with Gasteiger partial charge in [0.15, 0.2) is 29.9 Å². The van der Waals surface area contributed by atoms with Crippen molar-refractivity contribution in [2.24, 2.45) is 11.7 Å². The van der Waals surface area contributed by atoms with Gasteiger partial charge in [-0.1, -0.05) is 94.8 Å². The van der Waals surface area contributed by atoms with Gasteiger partial charge >= 0.3 is 18.0 Å². The highest BCUT2D eigenvalue weighted by Gasteiger charge is 2.53. The third kappa shape index (κ3) is 24.0. The Kier molecular flexibility index (Phi) is 32.7. The number of hydrogen-bond acceptors (Lipinski definition) is 27. The molecule has 0 unspecified atom stereocenters. The number of aryl methyl sites for hydroxylation is 2. The first-order valence-corrected chi connectivity index (χ1v) is 44.3. The number of likely N-dealkylation sites (N-methyl/N-ethyl adjacent to an activating group) is 1. The van der Waals surface area contributed by atoms with Crippen molar-refractivity contribution in [1.82, 2.24) is 58.5 Å². The predicted molar refractivity (Wildman–Crippen MR) is 471 cm³/mol. The van der Waals surface area contributed by atoms with Crippen molar-refractivity contribution in [3.63, 3.8) is 0 Å². The quantitative estimate of drug-likeness (QED) is 0.0268. The molecule has 40 heteroatoms. The summed E-state index contributed by atoms with van der Waals surface area (Å²) in [4.78, 5) is 146. The van der Waals surface area contributed by atoms with E-state index in [1.54, 1.807) is 0 Å². The van der Waals surface area contributed by atoms with Crippen LogP contribution in [0, 0.1) is 12.8 Å². The molecule has 7 heterocycles. The van der Waals surface area contributed by atoms with Gasteiger partial charge in [-0.2, -0.15) is 0 Å². The molecule has 0 radical (unpaired) electrons. The molecule has 131 heavy (non-hydrogen) atoms. The van der Waals surface area contributed by atoms with Crippen LogP contribution in [0.5, 0.6) is 46.0 Å². The molecule has 1 aliphatic carbocycles. The first-order valence-electron chi connectivity index (χ1n) is 43.9. The number of aromatic hydroxyl groups is 3. The van der Waals surface area contributed by atoms with Crippen LogP contribution in [-0.2, 0) is 65.5 Å². The minimum Gasteiger partial charge on any atom is -0.507 e. The van der Waals surface area contributed by atoms with Crippen LogP contribution in [0.15, 0.2) is 97.1 Å². The number of anilines is 1. The molecule has 6 aromatic carbocycles. The zero-order valence-electron chi connectivity index (χ0n) is 73.4. The topological polar surface area (TPSA) is 599 Å². The zero-order valence-corrected chi connectivity index (χ0v) is 74.2. The summed E-state index contributed by atoms with van der Waals surface area (Å²) in [5.41, 5.74) is 3.26. The Balaban J connectivity index is 0.962. The Hall–Kier alpha value is -11.7. The molecule has 7 aliphatic heterocycles. The molecular formula is C91H116ClN13O26. The minimum absolute atomic E-state index is 0.0512. The highest BCUT2D eigenvalue weighted by atomic mass is 35.5. The highest BCUT2D eigenvalue weighted by Crippen LogP contribution is 2.51. The van der Waals surface area contributed by atoms with Gasteiger partial charge in [-0.3, -0.25) is 33.6 Å². The average molecular weight is 1840 g/mol. The number of carboxylic acids is 1. The number of rotatable bonds is 30. The first-order chi connectivity index (χ1) is 62.4. The minimum atomic E-state index is -2.37. The third-order valence-corrected chi connectivity index (χ3v) is 24.3. The molecule has 11 bridgehead atoms. The maximum absolute atomic E-state index is 16.5. The number of aliphatic carboxylic acids is 1. The lowest BCUT2D eigenvalue weighted by Gasteiger charge is -2.48. The van der Waals surface area contributed by atoms with E-state index in [-0.39, 0.29) is 77.5 Å². The number of hydrogen-bond donors (Lipinski definition) is 23. The largest absolute Gasteiger partial charge is 0.507 e. The lowest BCUT2D eigenvalue weighted by atomic mass is 9.85. The molecule has 8 aliphatic rings. The van der Waals surface area contributed by atoms with Gasteiger partial charge in [-0.15, -0.1) is 0 Å². The van der Waals surface area contributed by atoms with E-state index in [0.29, 0.717) is 37.9 Å². The number of phenolic OH excluding ortho intramolecular Hbond substituents is 3. The number of amides is 11. The number of phenols is 3. The van der Waals surface area contributed by atoms with Gasteiger partial charge in [0.05, 0.1) is 41.3 Å². The summed E-state index contributed by atoms with van der Waals surface area (Å²) < 4.78 is 39.4. The third-order valence-electron chi connectivity index (χ3n) is 24.0. The second kappa shape index (κ2) is 43.5. The van der Waals surface area contributed by atoms with Crippen molar-refractivity contribution in [2.45, 2.75) is 253 Å². The molecule has 11 amide bonds. The standard InChI is InChI=1S/C91H116ClN13O26/c1-8-9-10-13-16-45-17-22-50(23-18-45)97-89(124)96-30-15-12-11-14-29-95-40-54-59(108)37-53-67(75(54)112)52-33-46(19-26-58(52)107)68-83(118)104-72(86(121)102-70(53)87(122)123)74(111)48-21-28-61(55(92)34-48)128-63-36-49-35-62(78(63)131-88-79(77(114)76(113)64(41-106)129-88)130-66-39-91(6,80(115)44(5)126-66)105-90(125)98-51-24-25-51)127-60-27-20-47(32-43(60)4)73(110)71(103-81(116)56(94-7)31-42(2)3)85(120)99-57(38-65(93)109)82(117)100-69(49)84(119)101-68/h17-23,26-28,32-37,42,44,51,56-57,64,66,68-74,76-77,79-80,88,94-95,106-108,110-115H,8-16,24-25,29-31,38-41H2,1-7H3,(H2,93,109)(H,99,120)(H,100,117)(H,101,119)(H,102,121)(H,103,116)(H,104,118)(H,122,123)(H2,96,97,124)(H2,98,105,125)/t44-,56+,57-,64+,66-,68+,69+,70-,71+,72-,73+,74+,76+,77-,79+,80+,88-,91-/m0/s1. The van der Waals surface area contributed by atoms with Crippen LogP contribution in [0.25, 0.3) is 11.1 Å². The van der Waals surface area contributed by atoms with Crippen molar-refractivity contribution in [2.75, 3.05) is 32.1 Å². The van der Waals surface area contributed by atoms with E-state index in [1.807, 2.05) is 38.1 Å². The fraction of sp³-hybridized carbons (Fsp3) is 0.495. The van der Waals surface area contributed by atoms with Gasteiger partial charge in [0.25, 0.3) is 0 Å². The van der Waals surface area contributed by atoms with E-state index in [9.17, 15) is 75.0 Å². The molecule has 3 fully saturated rings. The predicted octanol–water partition coefficient (Wildman–Crippen LogP) is 4.86. The Morgan fingerprint density at radius 1 is 0.679 bits per heavy atom. The Bertz CT molecular complexity index is 5180. The average Bonchev–Trinajstić information content (AvgIpc) is 1.12. The number of nitrogens with one attached hydrogen (secondary N) is 12. The number of ether oxygens (including phenoxy) is 6. The SMILES string of the molecule is CCCCCCc1ccc(NC(=O)NCCCCCCNCc2c(O)cc3c(c2O)-c2cc(ccc2O)[C@H]2NC(=O)[C@@H]4NC(=O)[C@H](CC(N)=O)NC(=O)[C@H](NC(=O)[C@@H](CC(C)C)NC)[C@H](O)c5ccc(c(C)c5)Oc5cc4cc(c5O[C@@H]4O[C@H](CO)[C@@H](O)[C@H](O)[C@H]4O[C@H]4C[C@](C)(NC(=O)NC5CC5)[C@H](O)[C@H](C)O4)Oc4ccc(cc4Cl)[C@@H](O)[C@H](NC2=O)C(=O)N[C@@H]3C(=O)O)cc1. The Morgan fingerprint density at radius 2 is 1.34 bits per heavy atom. The fourth-order valence-corrected chi connectivity index (χ4v) is 16.8. The summed E-state index contributed by atoms with van der Waals surface area (Å²) in [5, 5.41) is 151.